The number of aryl methyl sites for hydroxylation is 1. The van der Waals surface area contributed by atoms with E-state index in [9.17, 15) is 13.2 Å². The molecule has 3 rings (SSSR count). The molecule has 2 aromatic carbocycles. The summed E-state index contributed by atoms with van der Waals surface area (Å²) in [5.41, 5.74) is 3.18. The molecule has 0 aromatic heterocycles. The molecule has 0 radical (unpaired) electrons. The molecule has 0 aliphatic heterocycles. The van der Waals surface area contributed by atoms with Gasteiger partial charge in [0.25, 0.3) is 5.91 Å². The Bertz CT molecular complexity index is 919. The highest BCUT2D eigenvalue weighted by molar-refractivity contribution is 7.89. The molecule has 1 N–H and O–H groups in total. The number of nitrogens with one attached hydrogen (secondary N) is 1. The van der Waals surface area contributed by atoms with Crippen LogP contribution in [0.3, 0.4) is 0 Å². The van der Waals surface area contributed by atoms with Gasteiger partial charge in [-0.1, -0.05) is 38.1 Å². The number of hydrogen-bond acceptors (Lipinski definition) is 3. The van der Waals surface area contributed by atoms with Gasteiger partial charge in [0.05, 0.1) is 4.90 Å². The van der Waals surface area contributed by atoms with Crippen molar-refractivity contribution in [3.8, 4) is 0 Å². The lowest BCUT2D eigenvalue weighted by Crippen LogP contribution is -2.31. The van der Waals surface area contributed by atoms with Crippen molar-refractivity contribution < 1.29 is 13.2 Å². The number of nitrogens with zero attached hydrogens (tertiary/aromatic N) is 1. The summed E-state index contributed by atoms with van der Waals surface area (Å²) in [7, 11) is -3.50. The number of fused-ring (bicyclic) bond motifs is 1. The molecule has 5 nitrogen and oxygen atoms in total. The summed E-state index contributed by atoms with van der Waals surface area (Å²) < 4.78 is 26.5. The minimum atomic E-state index is -3.50. The van der Waals surface area contributed by atoms with Gasteiger partial charge in [0.15, 0.2) is 0 Å². The molecule has 1 aliphatic rings. The summed E-state index contributed by atoms with van der Waals surface area (Å²) >= 11 is 0. The highest BCUT2D eigenvalue weighted by atomic mass is 32.2. The Balaban J connectivity index is 1.66. The van der Waals surface area contributed by atoms with E-state index in [0.717, 1.165) is 19.3 Å². The fourth-order valence-electron chi connectivity index (χ4n) is 3.88. The first-order valence-corrected chi connectivity index (χ1v) is 11.4. The number of carbonyl (C=O) groups is 1. The van der Waals surface area contributed by atoms with E-state index in [-0.39, 0.29) is 10.8 Å². The average Bonchev–Trinajstić information content (AvgIpc) is 2.72. The number of hydrogen-bond donors (Lipinski definition) is 1. The van der Waals surface area contributed by atoms with Crippen molar-refractivity contribution in [1.29, 1.82) is 0 Å². The second-order valence-electron chi connectivity index (χ2n) is 7.11. The number of benzene rings is 2. The first-order valence-electron chi connectivity index (χ1n) is 9.93. The van der Waals surface area contributed by atoms with E-state index in [0.29, 0.717) is 31.1 Å². The average molecular weight is 401 g/mol. The zero-order chi connectivity index (χ0) is 20.1. The minimum absolute atomic E-state index is 0.171. The van der Waals surface area contributed by atoms with Crippen LogP contribution in [0.4, 0.5) is 0 Å². The Morgan fingerprint density at radius 3 is 2.43 bits per heavy atom. The van der Waals surface area contributed by atoms with Crippen LogP contribution in [-0.4, -0.2) is 38.3 Å². The Labute approximate surface area is 167 Å². The van der Waals surface area contributed by atoms with Crippen LogP contribution in [-0.2, 0) is 16.4 Å². The number of rotatable bonds is 7. The van der Waals surface area contributed by atoms with Crippen LogP contribution in [0, 0.1) is 0 Å². The standard InChI is InChI=1S/C22H28N2O3S/c1-3-24(4-2)28(26,27)20-14-12-18(13-15-20)22(25)23-16-19-10-7-9-17-8-5-6-11-21(17)19/h5-6,8,11-15,19H,3-4,7,9-10,16H2,1-2H3,(H,23,25). The highest BCUT2D eigenvalue weighted by Gasteiger charge is 2.23. The van der Waals surface area contributed by atoms with Crippen LogP contribution in [0.2, 0.25) is 0 Å². The lowest BCUT2D eigenvalue weighted by molar-refractivity contribution is 0.0950. The Morgan fingerprint density at radius 2 is 1.75 bits per heavy atom. The maximum Gasteiger partial charge on any atom is 0.251 e. The fraction of sp³-hybridized carbons (Fsp3) is 0.409. The summed E-state index contributed by atoms with van der Waals surface area (Å²) in [4.78, 5) is 12.8. The molecule has 0 spiro atoms. The zero-order valence-corrected chi connectivity index (χ0v) is 17.3. The lowest BCUT2D eigenvalue weighted by Gasteiger charge is -2.25. The molecule has 1 amide bonds. The number of amides is 1. The van der Waals surface area contributed by atoms with Gasteiger partial charge in [-0.05, 0) is 54.7 Å². The molecule has 28 heavy (non-hydrogen) atoms. The van der Waals surface area contributed by atoms with Crippen LogP contribution < -0.4 is 5.32 Å². The van der Waals surface area contributed by atoms with Gasteiger partial charge < -0.3 is 5.32 Å². The largest absolute Gasteiger partial charge is 0.351 e. The van der Waals surface area contributed by atoms with Crippen molar-refractivity contribution in [3.63, 3.8) is 0 Å². The summed E-state index contributed by atoms with van der Waals surface area (Å²) in [6, 6.07) is 14.6. The highest BCUT2D eigenvalue weighted by Crippen LogP contribution is 2.30. The van der Waals surface area contributed by atoms with Gasteiger partial charge in [0.2, 0.25) is 10.0 Å². The van der Waals surface area contributed by atoms with E-state index in [1.54, 1.807) is 12.1 Å². The summed E-state index contributed by atoms with van der Waals surface area (Å²) in [6.07, 6.45) is 3.30. The van der Waals surface area contributed by atoms with E-state index >= 15 is 0 Å². The first-order chi connectivity index (χ1) is 13.5. The Hall–Kier alpha value is -2.18. The predicted octanol–water partition coefficient (Wildman–Crippen LogP) is 3.57. The molecule has 0 bridgehead atoms. The SMILES string of the molecule is CCN(CC)S(=O)(=O)c1ccc(C(=O)NCC2CCCc3ccccc32)cc1. The molecule has 6 heteroatoms. The smallest absolute Gasteiger partial charge is 0.251 e. The molecule has 0 saturated carbocycles. The van der Waals surface area contributed by atoms with Crippen molar-refractivity contribution in [2.24, 2.45) is 0 Å². The molecule has 0 heterocycles. The van der Waals surface area contributed by atoms with Crippen molar-refractivity contribution in [2.75, 3.05) is 19.6 Å². The fourth-order valence-corrected chi connectivity index (χ4v) is 5.33. The molecule has 0 saturated heterocycles. The van der Waals surface area contributed by atoms with Gasteiger partial charge in [0, 0.05) is 31.1 Å². The van der Waals surface area contributed by atoms with Crippen molar-refractivity contribution >= 4 is 15.9 Å². The zero-order valence-electron chi connectivity index (χ0n) is 16.5. The second kappa shape index (κ2) is 8.88. The van der Waals surface area contributed by atoms with Gasteiger partial charge in [-0.25, -0.2) is 8.42 Å². The second-order valence-corrected chi connectivity index (χ2v) is 9.05. The van der Waals surface area contributed by atoms with Gasteiger partial charge >= 0.3 is 0 Å². The molecular weight excluding hydrogens is 372 g/mol. The van der Waals surface area contributed by atoms with Gasteiger partial charge in [-0.15, -0.1) is 0 Å². The number of sulfonamides is 1. The third-order valence-electron chi connectivity index (χ3n) is 5.46. The number of carbonyl (C=O) groups excluding carboxylic acids is 1. The molecule has 0 fully saturated rings. The molecule has 1 unspecified atom stereocenters. The molecule has 2 aromatic rings. The lowest BCUT2D eigenvalue weighted by atomic mass is 9.83. The normalized spacial score (nSPS) is 16.6. The molecular formula is C22H28N2O3S. The van der Waals surface area contributed by atoms with E-state index in [2.05, 4.69) is 23.5 Å². The molecule has 150 valence electrons. The summed E-state index contributed by atoms with van der Waals surface area (Å²) in [5, 5.41) is 3.01. The van der Waals surface area contributed by atoms with Crippen LogP contribution in [0.25, 0.3) is 0 Å². The van der Waals surface area contributed by atoms with Crippen LogP contribution in [0.15, 0.2) is 53.4 Å². The van der Waals surface area contributed by atoms with E-state index in [4.69, 9.17) is 0 Å². The van der Waals surface area contributed by atoms with Crippen LogP contribution >= 0.6 is 0 Å². The minimum Gasteiger partial charge on any atom is -0.351 e. The molecule has 1 aliphatic carbocycles. The van der Waals surface area contributed by atoms with Gasteiger partial charge in [-0.3, -0.25) is 4.79 Å². The van der Waals surface area contributed by atoms with Gasteiger partial charge in [0.1, 0.15) is 0 Å². The van der Waals surface area contributed by atoms with E-state index < -0.39 is 10.0 Å². The van der Waals surface area contributed by atoms with E-state index in [1.807, 2.05) is 19.9 Å². The van der Waals surface area contributed by atoms with Gasteiger partial charge in [-0.2, -0.15) is 4.31 Å². The predicted molar refractivity (Wildman–Crippen MR) is 111 cm³/mol. The topological polar surface area (TPSA) is 66.5 Å². The third kappa shape index (κ3) is 4.28. The van der Waals surface area contributed by atoms with Crippen LogP contribution in [0.5, 0.6) is 0 Å². The maximum atomic E-state index is 12.6. The van der Waals surface area contributed by atoms with Crippen molar-refractivity contribution in [2.45, 2.75) is 43.9 Å². The first kappa shape index (κ1) is 20.6. The molecule has 1 atom stereocenters. The summed E-state index contributed by atoms with van der Waals surface area (Å²) in [6.45, 7) is 5.06. The van der Waals surface area contributed by atoms with Crippen molar-refractivity contribution in [3.05, 3.63) is 65.2 Å². The quantitative estimate of drug-likeness (QED) is 0.773. The monoisotopic (exact) mass is 400 g/mol. The Morgan fingerprint density at radius 1 is 1.07 bits per heavy atom. The summed E-state index contributed by atoms with van der Waals surface area (Å²) in [5.74, 6) is 0.158. The maximum absolute atomic E-state index is 12.6. The Kier molecular flexibility index (Phi) is 6.52. The van der Waals surface area contributed by atoms with Crippen LogP contribution in [0.1, 0.15) is 54.1 Å². The van der Waals surface area contributed by atoms with E-state index in [1.165, 1.54) is 27.6 Å². The third-order valence-corrected chi connectivity index (χ3v) is 7.53. The van der Waals surface area contributed by atoms with Crippen molar-refractivity contribution in [1.82, 2.24) is 9.62 Å².